The normalized spacial score (nSPS) is 12.9. The van der Waals surface area contributed by atoms with Crippen LogP contribution in [0.3, 0.4) is 0 Å². The molecule has 2 aromatic carbocycles. The molecule has 0 atom stereocenters. The molecule has 0 aromatic heterocycles. The molecule has 0 amide bonds. The van der Waals surface area contributed by atoms with E-state index in [1.165, 1.54) is 21.2 Å². The maximum absolute atomic E-state index is 2.38. The topological polar surface area (TPSA) is 9.72 Å². The van der Waals surface area contributed by atoms with Crippen LogP contribution in [0.5, 0.6) is 0 Å². The van der Waals surface area contributed by atoms with Crippen molar-refractivity contribution in [2.45, 2.75) is 9.79 Å². The fourth-order valence-corrected chi connectivity index (χ4v) is 3.36. The number of hydrogen-bond donors (Lipinski definition) is 0. The molecule has 0 aliphatic carbocycles. The van der Waals surface area contributed by atoms with E-state index < -0.39 is 0 Å². The summed E-state index contributed by atoms with van der Waals surface area (Å²) in [6, 6.07) is 17.2. The van der Waals surface area contributed by atoms with Crippen molar-refractivity contribution in [3.63, 3.8) is 0 Å². The van der Waals surface area contributed by atoms with E-state index in [4.69, 9.17) is 0 Å². The van der Waals surface area contributed by atoms with Crippen LogP contribution in [0, 0.1) is 0 Å². The largest absolute Gasteiger partial charge is 0.325 e. The Labute approximate surface area is 136 Å². The third-order valence-corrected chi connectivity index (χ3v) is 4.69. The van der Waals surface area contributed by atoms with Gasteiger partial charge in [-0.05, 0) is 24.3 Å². The molecule has 3 rings (SSSR count). The van der Waals surface area contributed by atoms with E-state index in [2.05, 4.69) is 84.6 Å². The lowest BCUT2D eigenvalue weighted by Gasteiger charge is -2.37. The van der Waals surface area contributed by atoms with Crippen molar-refractivity contribution >= 4 is 35.5 Å². The molecule has 5 heteroatoms. The van der Waals surface area contributed by atoms with Gasteiger partial charge in [0.15, 0.2) is 0 Å². The number of hydrogen-bond acceptors (Lipinski definition) is 4. The van der Waals surface area contributed by atoms with E-state index in [1.807, 2.05) is 11.8 Å². The zero-order valence-electron chi connectivity index (χ0n) is 12.5. The first kappa shape index (κ1) is 16.2. The monoisotopic (exact) mass is 321 g/mol. The maximum atomic E-state index is 2.38. The summed E-state index contributed by atoms with van der Waals surface area (Å²) in [5, 5.41) is 4.30. The molecule has 0 saturated heterocycles. The second-order valence-corrected chi connectivity index (χ2v) is 6.20. The Morgan fingerprint density at radius 2 is 1.33 bits per heavy atom. The van der Waals surface area contributed by atoms with Crippen molar-refractivity contribution in [2.24, 2.45) is 0 Å². The molecular formula is C16H20ClN3S. The molecule has 0 saturated carbocycles. The molecule has 1 aliphatic rings. The van der Waals surface area contributed by atoms with Gasteiger partial charge >= 0.3 is 0 Å². The van der Waals surface area contributed by atoms with Crippen molar-refractivity contribution in [3.05, 3.63) is 48.5 Å². The molecule has 0 radical (unpaired) electrons. The number of para-hydroxylation sites is 2. The van der Waals surface area contributed by atoms with E-state index in [-0.39, 0.29) is 12.4 Å². The lowest BCUT2D eigenvalue weighted by molar-refractivity contribution is 0.0592. The van der Waals surface area contributed by atoms with E-state index in [1.54, 1.807) is 0 Å². The molecule has 1 heterocycles. The zero-order chi connectivity index (χ0) is 14.1. The maximum Gasteiger partial charge on any atom is 0.0887 e. The highest BCUT2D eigenvalue weighted by atomic mass is 35.5. The van der Waals surface area contributed by atoms with E-state index >= 15 is 0 Å². The van der Waals surface area contributed by atoms with Gasteiger partial charge in [0.2, 0.25) is 0 Å². The molecule has 0 N–H and O–H groups in total. The van der Waals surface area contributed by atoms with Crippen LogP contribution in [-0.2, 0) is 0 Å². The molecule has 0 spiro atoms. The summed E-state index contributed by atoms with van der Waals surface area (Å²) in [6.45, 7) is 0.835. The standard InChI is InChI=1S/C16H19N3S.ClH/c1-17(2)18(3)12-19-13-8-4-6-10-15(13)20-16-11-7-5-9-14(16)19;/h4-11H,12H2,1-3H3;1H. The molecule has 0 bridgehead atoms. The van der Waals surface area contributed by atoms with Crippen molar-refractivity contribution in [2.75, 3.05) is 32.7 Å². The highest BCUT2D eigenvalue weighted by Crippen LogP contribution is 2.47. The van der Waals surface area contributed by atoms with Gasteiger partial charge in [0, 0.05) is 30.9 Å². The Kier molecular flexibility index (Phi) is 5.17. The summed E-state index contributed by atoms with van der Waals surface area (Å²) in [5.74, 6) is 0. The number of halogens is 1. The number of rotatable bonds is 3. The van der Waals surface area contributed by atoms with Gasteiger partial charge in [-0.3, -0.25) is 0 Å². The van der Waals surface area contributed by atoms with Crippen LogP contribution in [0.1, 0.15) is 0 Å². The van der Waals surface area contributed by atoms with Gasteiger partial charge in [-0.15, -0.1) is 12.4 Å². The molecular weight excluding hydrogens is 302 g/mol. The zero-order valence-corrected chi connectivity index (χ0v) is 14.1. The van der Waals surface area contributed by atoms with Gasteiger partial charge in [-0.1, -0.05) is 36.0 Å². The third-order valence-electron chi connectivity index (χ3n) is 3.56. The minimum Gasteiger partial charge on any atom is -0.325 e. The molecule has 112 valence electrons. The number of benzene rings is 2. The Balaban J connectivity index is 0.00000161. The number of fused-ring (bicyclic) bond motifs is 2. The van der Waals surface area contributed by atoms with Crippen LogP contribution in [0.25, 0.3) is 0 Å². The average molecular weight is 322 g/mol. The van der Waals surface area contributed by atoms with Crippen LogP contribution in [0.2, 0.25) is 0 Å². The first-order valence-electron chi connectivity index (χ1n) is 6.68. The predicted octanol–water partition coefficient (Wildman–Crippen LogP) is 4.08. The molecule has 1 aliphatic heterocycles. The molecule has 21 heavy (non-hydrogen) atoms. The van der Waals surface area contributed by atoms with E-state index in [9.17, 15) is 0 Å². The highest BCUT2D eigenvalue weighted by molar-refractivity contribution is 7.99. The Bertz CT molecular complexity index is 572. The summed E-state index contributed by atoms with van der Waals surface area (Å²) in [7, 11) is 6.24. The third kappa shape index (κ3) is 3.19. The van der Waals surface area contributed by atoms with Crippen molar-refractivity contribution < 1.29 is 0 Å². The first-order valence-corrected chi connectivity index (χ1v) is 7.50. The SMILES string of the molecule is CN(C)N(C)CN1c2ccccc2Sc2ccccc21.Cl. The smallest absolute Gasteiger partial charge is 0.0887 e. The quantitative estimate of drug-likeness (QED) is 0.788. The van der Waals surface area contributed by atoms with Crippen LogP contribution >= 0.6 is 24.2 Å². The van der Waals surface area contributed by atoms with Crippen LogP contribution in [-0.4, -0.2) is 37.8 Å². The minimum atomic E-state index is 0. The summed E-state index contributed by atoms with van der Waals surface area (Å²) in [5.41, 5.74) is 2.56. The lowest BCUT2D eigenvalue weighted by Crippen LogP contribution is -2.41. The summed E-state index contributed by atoms with van der Waals surface area (Å²) >= 11 is 1.85. The molecule has 3 nitrogen and oxygen atoms in total. The van der Waals surface area contributed by atoms with Gasteiger partial charge in [-0.25, -0.2) is 10.0 Å². The summed E-state index contributed by atoms with van der Waals surface area (Å²) in [6.07, 6.45) is 0. The van der Waals surface area contributed by atoms with Gasteiger partial charge in [0.05, 0.1) is 18.0 Å². The first-order chi connectivity index (χ1) is 9.66. The second kappa shape index (κ2) is 6.71. The van der Waals surface area contributed by atoms with Crippen molar-refractivity contribution in [1.82, 2.24) is 10.0 Å². The number of nitrogens with zero attached hydrogens (tertiary/aromatic N) is 3. The van der Waals surface area contributed by atoms with Crippen molar-refractivity contribution in [3.8, 4) is 0 Å². The van der Waals surface area contributed by atoms with Gasteiger partial charge in [0.1, 0.15) is 0 Å². The Hall–Kier alpha value is -1.20. The fourth-order valence-electron chi connectivity index (χ4n) is 2.26. The predicted molar refractivity (Wildman–Crippen MR) is 92.7 cm³/mol. The number of hydrazine groups is 1. The van der Waals surface area contributed by atoms with Crippen LogP contribution < -0.4 is 4.90 Å². The fraction of sp³-hybridized carbons (Fsp3) is 0.250. The second-order valence-electron chi connectivity index (χ2n) is 5.11. The molecule has 2 aromatic rings. The minimum absolute atomic E-state index is 0. The van der Waals surface area contributed by atoms with Gasteiger partial charge < -0.3 is 4.90 Å². The van der Waals surface area contributed by atoms with E-state index in [0.717, 1.165) is 6.67 Å². The molecule has 0 unspecified atom stereocenters. The number of anilines is 2. The van der Waals surface area contributed by atoms with Crippen molar-refractivity contribution in [1.29, 1.82) is 0 Å². The lowest BCUT2D eigenvalue weighted by atomic mass is 10.2. The average Bonchev–Trinajstić information content (AvgIpc) is 2.46. The highest BCUT2D eigenvalue weighted by Gasteiger charge is 2.23. The van der Waals surface area contributed by atoms with E-state index in [0.29, 0.717) is 0 Å². The van der Waals surface area contributed by atoms with Crippen LogP contribution in [0.4, 0.5) is 11.4 Å². The summed E-state index contributed by atoms with van der Waals surface area (Å²) < 4.78 is 0. The Morgan fingerprint density at radius 1 is 0.857 bits per heavy atom. The molecule has 0 fully saturated rings. The van der Waals surface area contributed by atoms with Gasteiger partial charge in [-0.2, -0.15) is 0 Å². The summed E-state index contributed by atoms with van der Waals surface area (Å²) in [4.78, 5) is 5.01. The van der Waals surface area contributed by atoms with Crippen LogP contribution in [0.15, 0.2) is 58.3 Å². The Morgan fingerprint density at radius 3 is 1.81 bits per heavy atom. The van der Waals surface area contributed by atoms with Gasteiger partial charge in [0.25, 0.3) is 0 Å².